The molecular weight excluding hydrogens is 502 g/mol. The van der Waals surface area contributed by atoms with Gasteiger partial charge in [0.15, 0.2) is 22.5 Å². The summed E-state index contributed by atoms with van der Waals surface area (Å²) in [4.78, 5) is 12.5. The predicted octanol–water partition coefficient (Wildman–Crippen LogP) is 4.98. The SMILES string of the molecule is CCOc1ccc(-n2c(SCC(=O)N/N=C/c3ccc(OCC)c(OC)c3)nnc2-c2ccccc2)cc1. The largest absolute Gasteiger partial charge is 0.494 e. The molecule has 4 rings (SSSR count). The normalized spacial score (nSPS) is 10.9. The molecule has 0 spiro atoms. The van der Waals surface area contributed by atoms with Crippen molar-refractivity contribution in [2.75, 3.05) is 26.1 Å². The molecule has 9 nitrogen and oxygen atoms in total. The second-order valence-electron chi connectivity index (χ2n) is 7.86. The van der Waals surface area contributed by atoms with Gasteiger partial charge >= 0.3 is 0 Å². The van der Waals surface area contributed by atoms with E-state index in [1.165, 1.54) is 11.8 Å². The van der Waals surface area contributed by atoms with Crippen molar-refractivity contribution in [2.45, 2.75) is 19.0 Å². The fourth-order valence-electron chi connectivity index (χ4n) is 3.61. The number of aromatic nitrogens is 3. The minimum atomic E-state index is -0.272. The Morgan fingerprint density at radius 2 is 1.74 bits per heavy atom. The summed E-state index contributed by atoms with van der Waals surface area (Å²) in [6.45, 7) is 4.98. The van der Waals surface area contributed by atoms with E-state index in [1.807, 2.05) is 79.1 Å². The molecule has 0 bridgehead atoms. The second kappa shape index (κ2) is 13.3. The summed E-state index contributed by atoms with van der Waals surface area (Å²) >= 11 is 1.28. The van der Waals surface area contributed by atoms with Gasteiger partial charge in [0.1, 0.15) is 5.75 Å². The van der Waals surface area contributed by atoms with Gasteiger partial charge in [0.05, 0.1) is 32.3 Å². The molecule has 1 aromatic heterocycles. The number of benzene rings is 3. The molecule has 0 aliphatic carbocycles. The van der Waals surface area contributed by atoms with Crippen molar-refractivity contribution < 1.29 is 19.0 Å². The van der Waals surface area contributed by atoms with Gasteiger partial charge in [-0.05, 0) is 61.9 Å². The van der Waals surface area contributed by atoms with Gasteiger partial charge in [-0.1, -0.05) is 42.1 Å². The van der Waals surface area contributed by atoms with Crippen molar-refractivity contribution in [3.63, 3.8) is 0 Å². The molecule has 38 heavy (non-hydrogen) atoms. The van der Waals surface area contributed by atoms with E-state index in [0.717, 1.165) is 22.6 Å². The summed E-state index contributed by atoms with van der Waals surface area (Å²) in [5, 5.41) is 13.4. The number of hydrogen-bond acceptors (Lipinski definition) is 8. The number of hydrogen-bond donors (Lipinski definition) is 1. The van der Waals surface area contributed by atoms with E-state index in [1.54, 1.807) is 25.5 Å². The molecule has 0 fully saturated rings. The van der Waals surface area contributed by atoms with Gasteiger partial charge in [-0.25, -0.2) is 5.43 Å². The van der Waals surface area contributed by atoms with Crippen LogP contribution in [0.3, 0.4) is 0 Å². The molecule has 0 saturated carbocycles. The zero-order chi connectivity index (χ0) is 26.7. The first-order chi connectivity index (χ1) is 18.6. The molecule has 10 heteroatoms. The molecule has 1 amide bonds. The maximum absolute atomic E-state index is 12.5. The van der Waals surface area contributed by atoms with Crippen LogP contribution in [0.15, 0.2) is 83.1 Å². The number of amides is 1. The highest BCUT2D eigenvalue weighted by atomic mass is 32.2. The van der Waals surface area contributed by atoms with Crippen LogP contribution in [0.4, 0.5) is 0 Å². The average molecular weight is 532 g/mol. The van der Waals surface area contributed by atoms with E-state index >= 15 is 0 Å². The zero-order valence-corrected chi connectivity index (χ0v) is 22.3. The Morgan fingerprint density at radius 3 is 2.45 bits per heavy atom. The van der Waals surface area contributed by atoms with Gasteiger partial charge in [0.2, 0.25) is 0 Å². The Kier molecular flexibility index (Phi) is 9.36. The third-order valence-electron chi connectivity index (χ3n) is 5.29. The van der Waals surface area contributed by atoms with Crippen molar-refractivity contribution in [3.8, 4) is 34.3 Å². The molecule has 4 aromatic rings. The standard InChI is InChI=1S/C28H29N5O4S/c1-4-36-23-14-12-22(13-15-23)33-27(21-9-7-6-8-10-21)31-32-28(33)38-19-26(34)30-29-18-20-11-16-24(37-5-2)25(17-20)35-3/h6-18H,4-5,19H2,1-3H3,(H,30,34)/b29-18+. The van der Waals surface area contributed by atoms with Crippen molar-refractivity contribution in [3.05, 3.63) is 78.4 Å². The van der Waals surface area contributed by atoms with Crippen molar-refractivity contribution >= 4 is 23.9 Å². The maximum Gasteiger partial charge on any atom is 0.250 e. The smallest absolute Gasteiger partial charge is 0.250 e. The number of thioether (sulfide) groups is 1. The number of rotatable bonds is 12. The van der Waals surface area contributed by atoms with Crippen LogP contribution in [-0.2, 0) is 4.79 Å². The quantitative estimate of drug-likeness (QED) is 0.156. The van der Waals surface area contributed by atoms with Crippen LogP contribution in [-0.4, -0.2) is 53.0 Å². The lowest BCUT2D eigenvalue weighted by atomic mass is 10.2. The lowest BCUT2D eigenvalue weighted by Gasteiger charge is -2.11. The third kappa shape index (κ3) is 6.71. The van der Waals surface area contributed by atoms with Gasteiger partial charge in [-0.3, -0.25) is 9.36 Å². The number of nitrogens with zero attached hydrogens (tertiary/aromatic N) is 4. The summed E-state index contributed by atoms with van der Waals surface area (Å²) in [6.07, 6.45) is 1.55. The first-order valence-electron chi connectivity index (χ1n) is 12.1. The second-order valence-corrected chi connectivity index (χ2v) is 8.80. The number of ether oxygens (including phenoxy) is 3. The van der Waals surface area contributed by atoms with Gasteiger partial charge in [-0.15, -0.1) is 10.2 Å². The molecule has 1 N–H and O–H groups in total. The highest BCUT2D eigenvalue weighted by Gasteiger charge is 2.17. The summed E-state index contributed by atoms with van der Waals surface area (Å²) < 4.78 is 18.4. The summed E-state index contributed by atoms with van der Waals surface area (Å²) in [5.74, 6) is 2.54. The molecule has 196 valence electrons. The first-order valence-corrected chi connectivity index (χ1v) is 13.1. The Hall–Kier alpha value is -4.31. The molecule has 0 aliphatic rings. The monoisotopic (exact) mass is 531 g/mol. The molecule has 0 radical (unpaired) electrons. The Bertz CT molecular complexity index is 1370. The van der Waals surface area contributed by atoms with Crippen molar-refractivity contribution in [1.82, 2.24) is 20.2 Å². The van der Waals surface area contributed by atoms with E-state index in [2.05, 4.69) is 20.7 Å². The van der Waals surface area contributed by atoms with Gasteiger partial charge in [0.25, 0.3) is 5.91 Å². The van der Waals surface area contributed by atoms with E-state index in [9.17, 15) is 4.79 Å². The highest BCUT2D eigenvalue weighted by molar-refractivity contribution is 7.99. The zero-order valence-electron chi connectivity index (χ0n) is 21.5. The Morgan fingerprint density at radius 1 is 0.974 bits per heavy atom. The molecule has 0 atom stereocenters. The minimum Gasteiger partial charge on any atom is -0.494 e. The molecular formula is C28H29N5O4S. The Labute approximate surface area is 225 Å². The van der Waals surface area contributed by atoms with Gasteiger partial charge < -0.3 is 14.2 Å². The first kappa shape index (κ1) is 26.7. The molecule has 0 saturated heterocycles. The van der Waals surface area contributed by atoms with Gasteiger partial charge in [0, 0.05) is 11.3 Å². The van der Waals surface area contributed by atoms with Crippen molar-refractivity contribution in [2.24, 2.45) is 5.10 Å². The van der Waals surface area contributed by atoms with Crippen LogP contribution in [0.2, 0.25) is 0 Å². The van der Waals surface area contributed by atoms with E-state index in [4.69, 9.17) is 14.2 Å². The lowest BCUT2D eigenvalue weighted by Crippen LogP contribution is -2.20. The predicted molar refractivity (Wildman–Crippen MR) is 149 cm³/mol. The summed E-state index contributed by atoms with van der Waals surface area (Å²) in [7, 11) is 1.58. The highest BCUT2D eigenvalue weighted by Crippen LogP contribution is 2.29. The molecule has 3 aromatic carbocycles. The molecule has 0 unspecified atom stereocenters. The van der Waals surface area contributed by atoms with Crippen LogP contribution in [0.25, 0.3) is 17.1 Å². The van der Waals surface area contributed by atoms with Gasteiger partial charge in [-0.2, -0.15) is 5.10 Å². The van der Waals surface area contributed by atoms with Crippen LogP contribution < -0.4 is 19.6 Å². The van der Waals surface area contributed by atoms with Crippen molar-refractivity contribution in [1.29, 1.82) is 0 Å². The van der Waals surface area contributed by atoms with Crippen LogP contribution in [0, 0.1) is 0 Å². The fourth-order valence-corrected chi connectivity index (χ4v) is 4.35. The van der Waals surface area contributed by atoms with E-state index < -0.39 is 0 Å². The van der Waals surface area contributed by atoms with Crippen LogP contribution >= 0.6 is 11.8 Å². The summed E-state index contributed by atoms with van der Waals surface area (Å²) in [5.41, 5.74) is 5.11. The van der Waals surface area contributed by atoms with E-state index in [0.29, 0.717) is 35.7 Å². The molecule has 1 heterocycles. The lowest BCUT2D eigenvalue weighted by molar-refractivity contribution is -0.118. The number of methoxy groups -OCH3 is 1. The van der Waals surface area contributed by atoms with Crippen LogP contribution in [0.5, 0.6) is 17.2 Å². The topological polar surface area (TPSA) is 99.9 Å². The minimum absolute atomic E-state index is 0.105. The number of hydrazone groups is 1. The van der Waals surface area contributed by atoms with Crippen LogP contribution in [0.1, 0.15) is 19.4 Å². The third-order valence-corrected chi connectivity index (χ3v) is 6.22. The molecule has 0 aliphatic heterocycles. The number of carbonyl (C=O) groups is 1. The summed E-state index contributed by atoms with van der Waals surface area (Å²) in [6, 6.07) is 22.9. The Balaban J connectivity index is 1.46. The maximum atomic E-state index is 12.5. The van der Waals surface area contributed by atoms with E-state index in [-0.39, 0.29) is 11.7 Å². The number of nitrogens with one attached hydrogen (secondary N) is 1. The average Bonchev–Trinajstić information content (AvgIpc) is 3.38. The number of carbonyl (C=O) groups excluding carboxylic acids is 1. The fraction of sp³-hybridized carbons (Fsp3) is 0.214.